The van der Waals surface area contributed by atoms with Gasteiger partial charge in [0.25, 0.3) is 0 Å². The fourth-order valence-electron chi connectivity index (χ4n) is 3.62. The van der Waals surface area contributed by atoms with E-state index in [2.05, 4.69) is 10.2 Å². The average molecular weight is 414 g/mol. The maximum atomic E-state index is 13.0. The number of rotatable bonds is 5. The molecule has 0 aliphatic carbocycles. The van der Waals surface area contributed by atoms with Gasteiger partial charge in [-0.15, -0.1) is 10.2 Å². The first-order valence-electron chi connectivity index (χ1n) is 9.57. The molecule has 0 radical (unpaired) electrons. The van der Waals surface area contributed by atoms with E-state index in [9.17, 15) is 13.2 Å². The quantitative estimate of drug-likeness (QED) is 0.596. The van der Waals surface area contributed by atoms with Crippen LogP contribution in [0.5, 0.6) is 0 Å². The number of esters is 1. The Morgan fingerprint density at radius 3 is 2.52 bits per heavy atom. The third-order valence-electron chi connectivity index (χ3n) is 5.16. The van der Waals surface area contributed by atoms with Gasteiger partial charge in [-0.2, -0.15) is 4.31 Å². The highest BCUT2D eigenvalue weighted by Crippen LogP contribution is 2.30. The van der Waals surface area contributed by atoms with Crippen LogP contribution in [-0.2, 0) is 14.8 Å². The van der Waals surface area contributed by atoms with E-state index >= 15 is 0 Å². The summed E-state index contributed by atoms with van der Waals surface area (Å²) < 4.78 is 34.3. The fourth-order valence-corrected chi connectivity index (χ4v) is 5.09. The Bertz CT molecular complexity index is 1120. The monoisotopic (exact) mass is 414 g/mol. The van der Waals surface area contributed by atoms with Crippen molar-refractivity contribution in [3.8, 4) is 0 Å². The Morgan fingerprint density at radius 2 is 1.83 bits per heavy atom. The molecule has 152 valence electrons. The lowest BCUT2D eigenvalue weighted by Gasteiger charge is -2.30. The third kappa shape index (κ3) is 3.75. The first kappa shape index (κ1) is 19.5. The molecule has 0 atom stereocenters. The second-order valence-electron chi connectivity index (χ2n) is 6.91. The molecule has 0 unspecified atom stereocenters. The number of piperidine rings is 1. The fraction of sp³-hybridized carbons (Fsp3) is 0.350. The third-order valence-corrected chi connectivity index (χ3v) is 7.08. The van der Waals surface area contributed by atoms with E-state index in [4.69, 9.17) is 4.74 Å². The van der Waals surface area contributed by atoms with Crippen molar-refractivity contribution in [1.82, 2.24) is 18.9 Å². The number of carbonyl (C=O) groups excluding carboxylic acids is 1. The lowest BCUT2D eigenvalue weighted by molar-refractivity contribution is 0.0526. The van der Waals surface area contributed by atoms with Crippen LogP contribution in [0.1, 0.15) is 41.9 Å². The summed E-state index contributed by atoms with van der Waals surface area (Å²) in [5.41, 5.74) is 1.13. The molecular weight excluding hydrogens is 392 g/mol. The van der Waals surface area contributed by atoms with Crippen molar-refractivity contribution in [3.63, 3.8) is 0 Å². The van der Waals surface area contributed by atoms with Gasteiger partial charge < -0.3 is 4.74 Å². The molecule has 2 aromatic heterocycles. The van der Waals surface area contributed by atoms with Gasteiger partial charge in [0.1, 0.15) is 5.82 Å². The Labute approximate surface area is 169 Å². The topological polar surface area (TPSA) is 93.9 Å². The number of nitrogens with zero attached hydrogens (tertiary/aromatic N) is 4. The zero-order valence-electron chi connectivity index (χ0n) is 16.1. The van der Waals surface area contributed by atoms with Crippen LogP contribution in [0, 0.1) is 0 Å². The lowest BCUT2D eigenvalue weighted by atomic mass is 9.97. The van der Waals surface area contributed by atoms with E-state index in [1.807, 2.05) is 28.8 Å². The van der Waals surface area contributed by atoms with Crippen LogP contribution < -0.4 is 0 Å². The Morgan fingerprint density at radius 1 is 1.10 bits per heavy atom. The van der Waals surface area contributed by atoms with Gasteiger partial charge >= 0.3 is 5.97 Å². The maximum absolute atomic E-state index is 13.0. The van der Waals surface area contributed by atoms with Crippen molar-refractivity contribution in [2.24, 2.45) is 0 Å². The minimum atomic E-state index is -3.61. The Kier molecular flexibility index (Phi) is 5.33. The molecule has 1 fully saturated rings. The summed E-state index contributed by atoms with van der Waals surface area (Å²) in [6.45, 7) is 2.82. The number of sulfonamides is 1. The molecule has 1 saturated heterocycles. The molecule has 1 aromatic carbocycles. The molecule has 4 rings (SSSR count). The molecule has 1 aliphatic heterocycles. The summed E-state index contributed by atoms with van der Waals surface area (Å²) in [6, 6.07) is 11.6. The number of ether oxygens (including phenoxy) is 1. The van der Waals surface area contributed by atoms with Crippen molar-refractivity contribution >= 4 is 21.6 Å². The minimum absolute atomic E-state index is 0.157. The SMILES string of the molecule is CCOC(=O)c1ccc(S(=O)(=O)N2CCC(c3nnc4ccccn34)CC2)cc1. The smallest absolute Gasteiger partial charge is 0.338 e. The molecule has 0 saturated carbocycles. The molecular formula is C20H22N4O4S. The summed E-state index contributed by atoms with van der Waals surface area (Å²) >= 11 is 0. The van der Waals surface area contributed by atoms with Crippen LogP contribution in [0.15, 0.2) is 53.6 Å². The standard InChI is InChI=1S/C20H22N4O4S/c1-2-28-20(25)16-6-8-17(9-7-16)29(26,27)23-13-10-15(11-14-23)19-22-21-18-5-3-4-12-24(18)19/h3-9,12,15H,2,10-11,13-14H2,1H3. The summed E-state index contributed by atoms with van der Waals surface area (Å²) in [7, 11) is -3.61. The second-order valence-corrected chi connectivity index (χ2v) is 8.85. The number of hydrogen-bond donors (Lipinski definition) is 0. The summed E-state index contributed by atoms with van der Waals surface area (Å²) in [5, 5.41) is 8.49. The van der Waals surface area contributed by atoms with Gasteiger partial charge in [-0.1, -0.05) is 6.07 Å². The first-order chi connectivity index (χ1) is 14.0. The van der Waals surface area contributed by atoms with Crippen LogP contribution >= 0.6 is 0 Å². The van der Waals surface area contributed by atoms with Gasteiger partial charge in [-0.25, -0.2) is 13.2 Å². The van der Waals surface area contributed by atoms with Gasteiger partial charge in [0, 0.05) is 25.2 Å². The molecule has 0 bridgehead atoms. The summed E-state index contributed by atoms with van der Waals surface area (Å²) in [6.07, 6.45) is 3.28. The predicted octanol–water partition coefficient (Wildman–Crippen LogP) is 2.47. The zero-order chi connectivity index (χ0) is 20.4. The molecule has 1 aliphatic rings. The van der Waals surface area contributed by atoms with Crippen molar-refractivity contribution in [3.05, 3.63) is 60.0 Å². The van der Waals surface area contributed by atoms with E-state index in [1.54, 1.807) is 6.92 Å². The van der Waals surface area contributed by atoms with Crippen LogP contribution in [0.3, 0.4) is 0 Å². The normalized spacial score (nSPS) is 16.2. The van der Waals surface area contributed by atoms with Crippen LogP contribution in [0.2, 0.25) is 0 Å². The molecule has 0 spiro atoms. The number of aromatic nitrogens is 3. The van der Waals surface area contributed by atoms with Crippen molar-refractivity contribution < 1.29 is 17.9 Å². The van der Waals surface area contributed by atoms with E-state index < -0.39 is 16.0 Å². The lowest BCUT2D eigenvalue weighted by Crippen LogP contribution is -2.38. The molecule has 3 aromatic rings. The van der Waals surface area contributed by atoms with Crippen molar-refractivity contribution in [2.45, 2.75) is 30.6 Å². The number of pyridine rings is 1. The number of carbonyl (C=O) groups is 1. The molecule has 3 heterocycles. The average Bonchev–Trinajstić information content (AvgIpc) is 3.18. The Balaban J connectivity index is 1.46. The van der Waals surface area contributed by atoms with Gasteiger partial charge in [0.15, 0.2) is 5.65 Å². The van der Waals surface area contributed by atoms with Crippen LogP contribution in [0.25, 0.3) is 5.65 Å². The maximum Gasteiger partial charge on any atom is 0.338 e. The van der Waals surface area contributed by atoms with Gasteiger partial charge in [-0.3, -0.25) is 4.40 Å². The van der Waals surface area contributed by atoms with Gasteiger partial charge in [-0.05, 0) is 56.2 Å². The zero-order valence-corrected chi connectivity index (χ0v) is 16.9. The Hall–Kier alpha value is -2.78. The molecule has 0 N–H and O–H groups in total. The number of hydrogen-bond acceptors (Lipinski definition) is 6. The van der Waals surface area contributed by atoms with E-state index in [1.165, 1.54) is 28.6 Å². The first-order valence-corrected chi connectivity index (χ1v) is 11.0. The van der Waals surface area contributed by atoms with Crippen LogP contribution in [-0.4, -0.2) is 53.0 Å². The van der Waals surface area contributed by atoms with Crippen molar-refractivity contribution in [1.29, 1.82) is 0 Å². The minimum Gasteiger partial charge on any atom is -0.462 e. The molecule has 8 nitrogen and oxygen atoms in total. The van der Waals surface area contributed by atoms with Gasteiger partial charge in [0.2, 0.25) is 10.0 Å². The molecule has 29 heavy (non-hydrogen) atoms. The summed E-state index contributed by atoms with van der Waals surface area (Å²) in [4.78, 5) is 11.9. The number of fused-ring (bicyclic) bond motifs is 1. The molecule has 0 amide bonds. The summed E-state index contributed by atoms with van der Waals surface area (Å²) in [5.74, 6) is 0.569. The second kappa shape index (κ2) is 7.92. The highest BCUT2D eigenvalue weighted by atomic mass is 32.2. The highest BCUT2D eigenvalue weighted by Gasteiger charge is 2.31. The van der Waals surface area contributed by atoms with E-state index in [0.717, 1.165) is 11.5 Å². The highest BCUT2D eigenvalue weighted by molar-refractivity contribution is 7.89. The van der Waals surface area contributed by atoms with E-state index in [0.29, 0.717) is 31.5 Å². The molecule has 9 heteroatoms. The van der Waals surface area contributed by atoms with E-state index in [-0.39, 0.29) is 17.4 Å². The largest absolute Gasteiger partial charge is 0.462 e. The van der Waals surface area contributed by atoms with Crippen molar-refractivity contribution in [2.75, 3.05) is 19.7 Å². The number of benzene rings is 1. The van der Waals surface area contributed by atoms with Gasteiger partial charge in [0.05, 0.1) is 17.1 Å². The van der Waals surface area contributed by atoms with Crippen LogP contribution in [0.4, 0.5) is 0 Å². The predicted molar refractivity (Wildman–Crippen MR) is 106 cm³/mol.